The van der Waals surface area contributed by atoms with Gasteiger partial charge in [0.2, 0.25) is 0 Å². The Kier molecular flexibility index (Phi) is 5.01. The highest BCUT2D eigenvalue weighted by molar-refractivity contribution is 6.33. The number of carbonyl (C=O) groups excluding carboxylic acids is 1. The van der Waals surface area contributed by atoms with E-state index >= 15 is 0 Å². The number of carbonyl (C=O) groups is 2. The molecule has 1 fully saturated rings. The highest BCUT2D eigenvalue weighted by Gasteiger charge is 2.31. The lowest BCUT2D eigenvalue weighted by atomic mass is 9.94. The second-order valence-corrected chi connectivity index (χ2v) is 5.55. The fourth-order valence-electron chi connectivity index (χ4n) is 2.67. The molecule has 0 aromatic heterocycles. The van der Waals surface area contributed by atoms with E-state index in [1.165, 1.54) is 0 Å². The van der Waals surface area contributed by atoms with Crippen molar-refractivity contribution in [3.8, 4) is 0 Å². The van der Waals surface area contributed by atoms with Gasteiger partial charge in [0, 0.05) is 6.04 Å². The Balaban J connectivity index is 2.12. The number of benzene rings is 1. The van der Waals surface area contributed by atoms with Gasteiger partial charge in [0.25, 0.3) is 5.91 Å². The molecule has 0 spiro atoms. The van der Waals surface area contributed by atoms with Crippen molar-refractivity contribution in [3.63, 3.8) is 0 Å². The predicted molar refractivity (Wildman–Crippen MR) is 76.9 cm³/mol. The third-order valence-electron chi connectivity index (χ3n) is 3.77. The number of halogens is 1. The van der Waals surface area contributed by atoms with E-state index in [0.717, 1.165) is 19.3 Å². The lowest BCUT2D eigenvalue weighted by molar-refractivity contribution is -0.142. The summed E-state index contributed by atoms with van der Waals surface area (Å²) in [7, 11) is 0. The summed E-state index contributed by atoms with van der Waals surface area (Å²) in [5.74, 6) is -1.64. The first-order valence-electron chi connectivity index (χ1n) is 6.88. The molecule has 5 heteroatoms. The topological polar surface area (TPSA) is 66.4 Å². The lowest BCUT2D eigenvalue weighted by Gasteiger charge is -2.23. The van der Waals surface area contributed by atoms with Crippen LogP contribution < -0.4 is 5.32 Å². The Bertz CT molecular complexity index is 504. The molecule has 1 aliphatic rings. The Labute approximate surface area is 123 Å². The van der Waals surface area contributed by atoms with Crippen LogP contribution in [0.2, 0.25) is 5.02 Å². The summed E-state index contributed by atoms with van der Waals surface area (Å²) in [6.07, 6.45) is 4.17. The molecule has 2 N–H and O–H groups in total. The standard InChI is InChI=1S/C15H18ClNO3/c16-12-8-5-4-6-10(12)14(18)17-13-9-3-1-2-7-11(13)15(19)20/h4-6,8,11,13H,1-3,7,9H2,(H,17,18)(H,19,20)/t11-,13+/m1/s1. The van der Waals surface area contributed by atoms with Crippen LogP contribution >= 0.6 is 11.6 Å². The zero-order valence-corrected chi connectivity index (χ0v) is 11.9. The Morgan fingerprint density at radius 1 is 1.15 bits per heavy atom. The van der Waals surface area contributed by atoms with Gasteiger partial charge in [0.1, 0.15) is 0 Å². The summed E-state index contributed by atoms with van der Waals surface area (Å²) in [6.45, 7) is 0. The minimum atomic E-state index is -0.837. The van der Waals surface area contributed by atoms with Crippen molar-refractivity contribution in [1.82, 2.24) is 5.32 Å². The van der Waals surface area contributed by atoms with E-state index in [2.05, 4.69) is 5.32 Å². The quantitative estimate of drug-likeness (QED) is 0.842. The highest BCUT2D eigenvalue weighted by atomic mass is 35.5. The molecule has 4 nitrogen and oxygen atoms in total. The van der Waals surface area contributed by atoms with Crippen LogP contribution in [0.3, 0.4) is 0 Å². The van der Waals surface area contributed by atoms with Gasteiger partial charge in [-0.2, -0.15) is 0 Å². The summed E-state index contributed by atoms with van der Waals surface area (Å²) in [5.41, 5.74) is 0.391. The maximum atomic E-state index is 12.2. The van der Waals surface area contributed by atoms with Gasteiger partial charge in [-0.1, -0.05) is 43.0 Å². The van der Waals surface area contributed by atoms with E-state index in [0.29, 0.717) is 23.4 Å². The highest BCUT2D eigenvalue weighted by Crippen LogP contribution is 2.24. The van der Waals surface area contributed by atoms with E-state index in [-0.39, 0.29) is 11.9 Å². The fraction of sp³-hybridized carbons (Fsp3) is 0.467. The van der Waals surface area contributed by atoms with Crippen molar-refractivity contribution in [2.45, 2.75) is 38.1 Å². The van der Waals surface area contributed by atoms with Gasteiger partial charge in [-0.25, -0.2) is 0 Å². The number of amides is 1. The normalized spacial score (nSPS) is 22.9. The summed E-state index contributed by atoms with van der Waals surface area (Å²) >= 11 is 5.99. The first-order valence-corrected chi connectivity index (χ1v) is 7.25. The van der Waals surface area contributed by atoms with Crippen LogP contribution in [0.25, 0.3) is 0 Å². The average Bonchev–Trinajstić information content (AvgIpc) is 2.64. The fourth-order valence-corrected chi connectivity index (χ4v) is 2.89. The molecule has 2 atom stereocenters. The van der Waals surface area contributed by atoms with E-state index in [1.54, 1.807) is 24.3 Å². The Morgan fingerprint density at radius 3 is 2.55 bits per heavy atom. The van der Waals surface area contributed by atoms with Crippen molar-refractivity contribution >= 4 is 23.5 Å². The predicted octanol–water partition coefficient (Wildman–Crippen LogP) is 3.10. The minimum Gasteiger partial charge on any atom is -0.481 e. The van der Waals surface area contributed by atoms with Crippen LogP contribution in [-0.2, 0) is 4.79 Å². The molecule has 0 heterocycles. The summed E-state index contributed by atoms with van der Waals surface area (Å²) in [6, 6.07) is 6.47. The van der Waals surface area contributed by atoms with Gasteiger partial charge >= 0.3 is 5.97 Å². The smallest absolute Gasteiger partial charge is 0.308 e. The van der Waals surface area contributed by atoms with Crippen LogP contribution in [0, 0.1) is 5.92 Å². The number of hydrogen-bond donors (Lipinski definition) is 2. The Morgan fingerprint density at radius 2 is 1.85 bits per heavy atom. The van der Waals surface area contributed by atoms with Gasteiger partial charge in [-0.3, -0.25) is 9.59 Å². The molecule has 0 aliphatic heterocycles. The molecule has 2 rings (SSSR count). The van der Waals surface area contributed by atoms with Crippen molar-refractivity contribution in [2.75, 3.05) is 0 Å². The zero-order valence-electron chi connectivity index (χ0n) is 11.1. The molecule has 20 heavy (non-hydrogen) atoms. The molecule has 0 bridgehead atoms. The van der Waals surface area contributed by atoms with Crippen LogP contribution in [0.1, 0.15) is 42.5 Å². The molecule has 0 unspecified atom stereocenters. The maximum Gasteiger partial charge on any atom is 0.308 e. The molecule has 0 radical (unpaired) electrons. The first-order chi connectivity index (χ1) is 9.59. The van der Waals surface area contributed by atoms with Crippen molar-refractivity contribution in [3.05, 3.63) is 34.9 Å². The van der Waals surface area contributed by atoms with Crippen molar-refractivity contribution in [2.24, 2.45) is 5.92 Å². The van der Waals surface area contributed by atoms with E-state index < -0.39 is 11.9 Å². The lowest BCUT2D eigenvalue weighted by Crippen LogP contribution is -2.42. The second-order valence-electron chi connectivity index (χ2n) is 5.14. The number of rotatable bonds is 3. The molecule has 1 saturated carbocycles. The maximum absolute atomic E-state index is 12.2. The first kappa shape index (κ1) is 14.9. The molecular weight excluding hydrogens is 278 g/mol. The molecular formula is C15H18ClNO3. The number of nitrogens with one attached hydrogen (secondary N) is 1. The van der Waals surface area contributed by atoms with Crippen molar-refractivity contribution in [1.29, 1.82) is 0 Å². The van der Waals surface area contributed by atoms with Crippen LogP contribution in [0.15, 0.2) is 24.3 Å². The van der Waals surface area contributed by atoms with Gasteiger partial charge < -0.3 is 10.4 Å². The average molecular weight is 296 g/mol. The SMILES string of the molecule is O=C(N[C@H]1CCCCC[C@H]1C(=O)O)c1ccccc1Cl. The summed E-state index contributed by atoms with van der Waals surface area (Å²) in [4.78, 5) is 23.6. The third kappa shape index (κ3) is 3.51. The summed E-state index contributed by atoms with van der Waals surface area (Å²) < 4.78 is 0. The molecule has 0 saturated heterocycles. The number of aliphatic carboxylic acids is 1. The van der Waals surface area contributed by atoms with Crippen LogP contribution in [0.4, 0.5) is 0 Å². The van der Waals surface area contributed by atoms with Gasteiger partial charge in [0.15, 0.2) is 0 Å². The summed E-state index contributed by atoms with van der Waals surface area (Å²) in [5, 5.41) is 12.5. The van der Waals surface area contributed by atoms with E-state index in [4.69, 9.17) is 11.6 Å². The second kappa shape index (κ2) is 6.75. The zero-order chi connectivity index (χ0) is 14.5. The van der Waals surface area contributed by atoms with Gasteiger partial charge in [-0.15, -0.1) is 0 Å². The molecule has 108 valence electrons. The van der Waals surface area contributed by atoms with Crippen LogP contribution in [-0.4, -0.2) is 23.0 Å². The van der Waals surface area contributed by atoms with E-state index in [1.807, 2.05) is 0 Å². The Hall–Kier alpha value is -1.55. The third-order valence-corrected chi connectivity index (χ3v) is 4.10. The van der Waals surface area contributed by atoms with Gasteiger partial charge in [-0.05, 0) is 25.0 Å². The van der Waals surface area contributed by atoms with E-state index in [9.17, 15) is 14.7 Å². The minimum absolute atomic E-state index is 0.297. The van der Waals surface area contributed by atoms with Crippen molar-refractivity contribution < 1.29 is 14.7 Å². The largest absolute Gasteiger partial charge is 0.481 e. The van der Waals surface area contributed by atoms with Gasteiger partial charge in [0.05, 0.1) is 16.5 Å². The number of carboxylic acids is 1. The monoisotopic (exact) mass is 295 g/mol. The van der Waals surface area contributed by atoms with Crippen LogP contribution in [0.5, 0.6) is 0 Å². The molecule has 1 aromatic carbocycles. The number of hydrogen-bond acceptors (Lipinski definition) is 2. The molecule has 1 amide bonds. The number of carboxylic acid groups (broad SMARTS) is 1. The molecule has 1 aliphatic carbocycles. The molecule has 1 aromatic rings.